The number of rotatable bonds is 6. The van der Waals surface area contributed by atoms with Crippen LogP contribution in [0.4, 0.5) is 0 Å². The van der Waals surface area contributed by atoms with Crippen LogP contribution in [0.25, 0.3) is 0 Å². The summed E-state index contributed by atoms with van der Waals surface area (Å²) >= 11 is 0. The molecule has 7 nitrogen and oxygen atoms in total. The van der Waals surface area contributed by atoms with E-state index in [1.807, 2.05) is 24.9 Å². The fraction of sp³-hybridized carbons (Fsp3) is 0.737. The third-order valence-corrected chi connectivity index (χ3v) is 5.10. The van der Waals surface area contributed by atoms with Gasteiger partial charge in [0, 0.05) is 50.5 Å². The zero-order valence-electron chi connectivity index (χ0n) is 15.9. The van der Waals surface area contributed by atoms with Crippen molar-refractivity contribution >= 4 is 5.91 Å². The van der Waals surface area contributed by atoms with Gasteiger partial charge in [0.2, 0.25) is 5.91 Å². The van der Waals surface area contributed by atoms with Gasteiger partial charge in [-0.1, -0.05) is 0 Å². The molecule has 0 aliphatic carbocycles. The lowest BCUT2D eigenvalue weighted by atomic mass is 9.92. The minimum atomic E-state index is 0.216. The van der Waals surface area contributed by atoms with Crippen molar-refractivity contribution < 1.29 is 14.3 Å². The second-order valence-corrected chi connectivity index (χ2v) is 7.03. The van der Waals surface area contributed by atoms with Crippen molar-refractivity contribution in [1.82, 2.24) is 19.8 Å². The SMILES string of the molecule is CCOCc1cnc(C)nc1C1CCCN(C(=O)CN2CCOCC2)C1. The van der Waals surface area contributed by atoms with Gasteiger partial charge in [-0.05, 0) is 26.7 Å². The molecule has 0 aromatic carbocycles. The molecule has 0 spiro atoms. The summed E-state index contributed by atoms with van der Waals surface area (Å²) in [5.74, 6) is 1.25. The molecule has 0 N–H and O–H groups in total. The molecule has 0 bridgehead atoms. The molecular formula is C19H30N4O3. The first-order valence-electron chi connectivity index (χ1n) is 9.65. The van der Waals surface area contributed by atoms with Gasteiger partial charge < -0.3 is 14.4 Å². The van der Waals surface area contributed by atoms with Crippen LogP contribution in [0.3, 0.4) is 0 Å². The number of hydrogen-bond donors (Lipinski definition) is 0. The number of aromatic nitrogens is 2. The van der Waals surface area contributed by atoms with E-state index in [0.717, 1.165) is 69.3 Å². The Kier molecular flexibility index (Phi) is 6.93. The van der Waals surface area contributed by atoms with E-state index < -0.39 is 0 Å². The normalized spacial score (nSPS) is 21.8. The van der Waals surface area contributed by atoms with Crippen LogP contribution in [-0.4, -0.2) is 78.2 Å². The lowest BCUT2D eigenvalue weighted by molar-refractivity contribution is -0.134. The van der Waals surface area contributed by atoms with Gasteiger partial charge in [-0.2, -0.15) is 0 Å². The zero-order valence-corrected chi connectivity index (χ0v) is 15.9. The molecule has 1 aromatic heterocycles. The number of ether oxygens (including phenoxy) is 2. The Balaban J connectivity index is 1.66. The lowest BCUT2D eigenvalue weighted by Crippen LogP contribution is -2.47. The molecule has 0 saturated carbocycles. The van der Waals surface area contributed by atoms with Crippen LogP contribution in [0.1, 0.15) is 42.8 Å². The third kappa shape index (κ3) is 4.99. The highest BCUT2D eigenvalue weighted by Crippen LogP contribution is 2.28. The smallest absolute Gasteiger partial charge is 0.236 e. The molecule has 2 fully saturated rings. The van der Waals surface area contributed by atoms with Crippen LogP contribution in [0.2, 0.25) is 0 Å². The molecule has 3 heterocycles. The highest BCUT2D eigenvalue weighted by molar-refractivity contribution is 5.78. The maximum absolute atomic E-state index is 12.8. The number of carbonyl (C=O) groups is 1. The van der Waals surface area contributed by atoms with Gasteiger partial charge in [0.15, 0.2) is 0 Å². The number of piperidine rings is 1. The number of hydrogen-bond acceptors (Lipinski definition) is 6. The largest absolute Gasteiger partial charge is 0.379 e. The monoisotopic (exact) mass is 362 g/mol. The molecule has 1 atom stereocenters. The molecule has 2 aliphatic rings. The Bertz CT molecular complexity index is 604. The molecule has 1 aromatic rings. The van der Waals surface area contributed by atoms with Crippen molar-refractivity contribution in [1.29, 1.82) is 0 Å². The van der Waals surface area contributed by atoms with Crippen molar-refractivity contribution in [2.45, 2.75) is 39.2 Å². The molecule has 3 rings (SSSR count). The van der Waals surface area contributed by atoms with Crippen molar-refractivity contribution in [3.05, 3.63) is 23.3 Å². The van der Waals surface area contributed by atoms with Gasteiger partial charge >= 0.3 is 0 Å². The van der Waals surface area contributed by atoms with E-state index in [9.17, 15) is 4.79 Å². The summed E-state index contributed by atoms with van der Waals surface area (Å²) in [6.45, 7) is 10.3. The minimum Gasteiger partial charge on any atom is -0.379 e. The van der Waals surface area contributed by atoms with Gasteiger partial charge in [0.05, 0.1) is 32.1 Å². The van der Waals surface area contributed by atoms with E-state index in [1.165, 1.54) is 0 Å². The molecule has 2 saturated heterocycles. The highest BCUT2D eigenvalue weighted by Gasteiger charge is 2.28. The average Bonchev–Trinajstić information content (AvgIpc) is 2.68. The Morgan fingerprint density at radius 1 is 1.35 bits per heavy atom. The fourth-order valence-corrected chi connectivity index (χ4v) is 3.67. The zero-order chi connectivity index (χ0) is 18.4. The predicted molar refractivity (Wildman–Crippen MR) is 97.9 cm³/mol. The van der Waals surface area contributed by atoms with Crippen molar-refractivity contribution in [2.75, 3.05) is 52.5 Å². The number of nitrogens with zero attached hydrogens (tertiary/aromatic N) is 4. The molecule has 1 unspecified atom stereocenters. The Labute approximate surface area is 155 Å². The summed E-state index contributed by atoms with van der Waals surface area (Å²) in [5, 5.41) is 0. The molecule has 0 radical (unpaired) electrons. The van der Waals surface area contributed by atoms with E-state index in [0.29, 0.717) is 19.8 Å². The first-order chi connectivity index (χ1) is 12.7. The van der Waals surface area contributed by atoms with Crippen molar-refractivity contribution in [2.24, 2.45) is 0 Å². The Morgan fingerprint density at radius 3 is 2.92 bits per heavy atom. The molecular weight excluding hydrogens is 332 g/mol. The third-order valence-electron chi connectivity index (χ3n) is 5.10. The quantitative estimate of drug-likeness (QED) is 0.761. The van der Waals surface area contributed by atoms with Crippen LogP contribution in [0, 0.1) is 6.92 Å². The molecule has 7 heteroatoms. The van der Waals surface area contributed by atoms with Gasteiger partial charge in [0.1, 0.15) is 5.82 Å². The first kappa shape index (κ1) is 19.2. The van der Waals surface area contributed by atoms with Crippen LogP contribution < -0.4 is 0 Å². The van der Waals surface area contributed by atoms with E-state index >= 15 is 0 Å². The number of amides is 1. The predicted octanol–water partition coefficient (Wildman–Crippen LogP) is 1.36. The minimum absolute atomic E-state index is 0.216. The van der Waals surface area contributed by atoms with E-state index in [-0.39, 0.29) is 11.8 Å². The van der Waals surface area contributed by atoms with Crippen molar-refractivity contribution in [3.8, 4) is 0 Å². The fourth-order valence-electron chi connectivity index (χ4n) is 3.67. The van der Waals surface area contributed by atoms with Gasteiger partial charge in [0.25, 0.3) is 0 Å². The van der Waals surface area contributed by atoms with Crippen LogP contribution in [-0.2, 0) is 20.9 Å². The maximum atomic E-state index is 12.8. The molecule has 144 valence electrons. The lowest BCUT2D eigenvalue weighted by Gasteiger charge is -2.35. The van der Waals surface area contributed by atoms with Crippen LogP contribution in [0.5, 0.6) is 0 Å². The summed E-state index contributed by atoms with van der Waals surface area (Å²) in [5.41, 5.74) is 2.10. The summed E-state index contributed by atoms with van der Waals surface area (Å²) in [6.07, 6.45) is 3.94. The number of morpholine rings is 1. The molecule has 2 aliphatic heterocycles. The highest BCUT2D eigenvalue weighted by atomic mass is 16.5. The van der Waals surface area contributed by atoms with Crippen LogP contribution >= 0.6 is 0 Å². The molecule has 26 heavy (non-hydrogen) atoms. The summed E-state index contributed by atoms with van der Waals surface area (Å²) in [6, 6.07) is 0. The number of likely N-dealkylation sites (tertiary alicyclic amines) is 1. The Hall–Kier alpha value is -1.57. The second-order valence-electron chi connectivity index (χ2n) is 7.03. The van der Waals surface area contributed by atoms with E-state index in [2.05, 4.69) is 9.88 Å². The van der Waals surface area contributed by atoms with Gasteiger partial charge in [-0.15, -0.1) is 0 Å². The second kappa shape index (κ2) is 9.39. The van der Waals surface area contributed by atoms with Gasteiger partial charge in [-0.3, -0.25) is 9.69 Å². The summed E-state index contributed by atoms with van der Waals surface area (Å²) in [7, 11) is 0. The Morgan fingerprint density at radius 2 is 2.15 bits per heavy atom. The number of aryl methyl sites for hydroxylation is 1. The van der Waals surface area contributed by atoms with Crippen LogP contribution in [0.15, 0.2) is 6.20 Å². The average molecular weight is 362 g/mol. The van der Waals surface area contributed by atoms with Gasteiger partial charge in [-0.25, -0.2) is 9.97 Å². The first-order valence-corrected chi connectivity index (χ1v) is 9.65. The number of carbonyl (C=O) groups excluding carboxylic acids is 1. The van der Waals surface area contributed by atoms with E-state index in [4.69, 9.17) is 14.5 Å². The summed E-state index contributed by atoms with van der Waals surface area (Å²) < 4.78 is 11.0. The summed E-state index contributed by atoms with van der Waals surface area (Å²) in [4.78, 5) is 26.0. The van der Waals surface area contributed by atoms with E-state index in [1.54, 1.807) is 0 Å². The van der Waals surface area contributed by atoms with Crippen molar-refractivity contribution in [3.63, 3.8) is 0 Å². The molecule has 1 amide bonds. The topological polar surface area (TPSA) is 67.8 Å². The maximum Gasteiger partial charge on any atom is 0.236 e. The standard InChI is InChI=1S/C19H30N4O3/c1-3-25-14-17-11-20-15(2)21-19(17)16-5-4-6-23(12-16)18(24)13-22-7-9-26-10-8-22/h11,16H,3-10,12-14H2,1-2H3.